The largest absolute Gasteiger partial charge is 0.466 e. The zero-order valence-electron chi connectivity index (χ0n) is 54.8. The van der Waals surface area contributed by atoms with Crippen LogP contribution in [0.25, 0.3) is 0 Å². The smallest absolute Gasteiger partial charge is 0.305 e. The maximum Gasteiger partial charge on any atom is 0.305 e. The van der Waals surface area contributed by atoms with Crippen LogP contribution in [-0.4, -0.2) is 47.4 Å². The van der Waals surface area contributed by atoms with Crippen LogP contribution in [0.5, 0.6) is 0 Å². The van der Waals surface area contributed by atoms with E-state index in [-0.39, 0.29) is 18.5 Å². The van der Waals surface area contributed by atoms with Crippen LogP contribution in [-0.2, 0) is 14.3 Å². The van der Waals surface area contributed by atoms with Gasteiger partial charge in [0.25, 0.3) is 0 Å². The van der Waals surface area contributed by atoms with Crippen molar-refractivity contribution in [1.29, 1.82) is 0 Å². The Morgan fingerprint density at radius 3 is 0.963 bits per heavy atom. The van der Waals surface area contributed by atoms with E-state index < -0.39 is 12.1 Å². The number of aliphatic hydroxyl groups excluding tert-OH is 2. The predicted molar refractivity (Wildman–Crippen MR) is 356 cm³/mol. The van der Waals surface area contributed by atoms with Crippen LogP contribution in [0, 0.1) is 0 Å². The quantitative estimate of drug-likeness (QED) is 0.0320. The summed E-state index contributed by atoms with van der Waals surface area (Å²) in [5.41, 5.74) is 0. The molecule has 3 N–H and O–H groups in total. The van der Waals surface area contributed by atoms with Crippen molar-refractivity contribution in [2.24, 2.45) is 0 Å². The van der Waals surface area contributed by atoms with E-state index in [2.05, 4.69) is 55.6 Å². The maximum atomic E-state index is 12.6. The Hall–Kier alpha value is -1.92. The normalized spacial score (nSPS) is 12.7. The first-order chi connectivity index (χ1) is 40.0. The van der Waals surface area contributed by atoms with E-state index in [1.54, 1.807) is 0 Å². The second-order valence-corrected chi connectivity index (χ2v) is 25.3. The molecule has 2 atom stereocenters. The molecule has 478 valence electrons. The minimum atomic E-state index is -0.670. The Balaban J connectivity index is 3.41. The lowest BCUT2D eigenvalue weighted by atomic mass is 10.0. The number of unbranched alkanes of at least 4 members (excludes halogenated alkanes) is 52. The third kappa shape index (κ3) is 67.1. The van der Waals surface area contributed by atoms with Crippen LogP contribution in [0.4, 0.5) is 0 Å². The molecule has 2 unspecified atom stereocenters. The lowest BCUT2D eigenvalue weighted by Crippen LogP contribution is -2.45. The Morgan fingerprint density at radius 1 is 0.346 bits per heavy atom. The molecule has 6 nitrogen and oxygen atoms in total. The van der Waals surface area contributed by atoms with Gasteiger partial charge in [0.15, 0.2) is 0 Å². The minimum absolute atomic E-state index is 0.00499. The van der Waals surface area contributed by atoms with Crippen molar-refractivity contribution in [3.8, 4) is 0 Å². The second-order valence-electron chi connectivity index (χ2n) is 25.3. The molecule has 0 aliphatic heterocycles. The first-order valence-electron chi connectivity index (χ1n) is 36.7. The number of rotatable bonds is 69. The van der Waals surface area contributed by atoms with Gasteiger partial charge in [-0.3, -0.25) is 9.59 Å². The summed E-state index contributed by atoms with van der Waals surface area (Å²) in [5, 5.41) is 23.4. The molecule has 0 aromatic heterocycles. The highest BCUT2D eigenvalue weighted by Crippen LogP contribution is 2.19. The van der Waals surface area contributed by atoms with Gasteiger partial charge in [-0.2, -0.15) is 0 Å². The van der Waals surface area contributed by atoms with Gasteiger partial charge in [-0.1, -0.05) is 346 Å². The van der Waals surface area contributed by atoms with Crippen molar-refractivity contribution in [3.63, 3.8) is 0 Å². The molecule has 0 aromatic carbocycles. The number of amides is 1. The first-order valence-corrected chi connectivity index (χ1v) is 36.7. The first kappa shape index (κ1) is 79.1. The molecule has 0 spiro atoms. The molecule has 0 aliphatic carbocycles. The molecule has 81 heavy (non-hydrogen) atoms. The summed E-state index contributed by atoms with van der Waals surface area (Å²) < 4.78 is 5.50. The fraction of sp³-hybridized carbons (Fsp3) is 0.893. The average molecular weight is 1140 g/mol. The summed E-state index contributed by atoms with van der Waals surface area (Å²) in [4.78, 5) is 24.7. The number of carbonyl (C=O) groups excluding carboxylic acids is 2. The molecule has 0 aromatic rings. The van der Waals surface area contributed by atoms with E-state index in [0.29, 0.717) is 25.9 Å². The van der Waals surface area contributed by atoms with E-state index in [1.807, 2.05) is 0 Å². The minimum Gasteiger partial charge on any atom is -0.466 e. The van der Waals surface area contributed by atoms with Gasteiger partial charge in [0.2, 0.25) is 5.91 Å². The highest BCUT2D eigenvalue weighted by Gasteiger charge is 2.20. The summed E-state index contributed by atoms with van der Waals surface area (Å²) in [6, 6.07) is -0.548. The molecule has 0 saturated heterocycles. The molecule has 0 fully saturated rings. The summed E-state index contributed by atoms with van der Waals surface area (Å²) in [6.07, 6.45) is 90.5. The zero-order valence-corrected chi connectivity index (χ0v) is 54.8. The fourth-order valence-electron chi connectivity index (χ4n) is 11.6. The maximum absolute atomic E-state index is 12.6. The second kappa shape index (κ2) is 70.6. The monoisotopic (exact) mass is 1140 g/mol. The summed E-state index contributed by atoms with van der Waals surface area (Å²) in [5.74, 6) is -0.0321. The van der Waals surface area contributed by atoms with Gasteiger partial charge in [0.05, 0.1) is 25.4 Å². The lowest BCUT2D eigenvalue weighted by molar-refractivity contribution is -0.143. The molecule has 6 heteroatoms. The van der Waals surface area contributed by atoms with Crippen LogP contribution in [0.1, 0.15) is 406 Å². The van der Waals surface area contributed by atoms with Gasteiger partial charge in [0, 0.05) is 12.8 Å². The van der Waals surface area contributed by atoms with Gasteiger partial charge >= 0.3 is 5.97 Å². The molecular weight excluding hydrogens is 995 g/mol. The van der Waals surface area contributed by atoms with Gasteiger partial charge in [-0.25, -0.2) is 0 Å². The average Bonchev–Trinajstić information content (AvgIpc) is 3.47. The van der Waals surface area contributed by atoms with Crippen molar-refractivity contribution in [1.82, 2.24) is 5.32 Å². The number of hydrogen-bond donors (Lipinski definition) is 3. The number of allylic oxidation sites excluding steroid dienone is 6. The number of ether oxygens (including phenoxy) is 1. The van der Waals surface area contributed by atoms with Crippen molar-refractivity contribution in [3.05, 3.63) is 36.5 Å². The Morgan fingerprint density at radius 2 is 0.617 bits per heavy atom. The number of esters is 1. The summed E-state index contributed by atoms with van der Waals surface area (Å²) in [7, 11) is 0. The highest BCUT2D eigenvalue weighted by atomic mass is 16.5. The Bertz CT molecular complexity index is 1310. The third-order valence-electron chi connectivity index (χ3n) is 17.2. The number of hydrogen-bond acceptors (Lipinski definition) is 5. The van der Waals surface area contributed by atoms with Gasteiger partial charge in [-0.05, 0) is 83.5 Å². The molecule has 0 saturated carbocycles. The standard InChI is InChI=1S/C75H143NO5/c1-3-5-7-9-11-13-15-17-19-21-23-24-26-29-32-35-39-43-47-51-55-59-63-67-73(78)72(71-77)76-74(79)68-64-60-56-52-48-44-40-36-33-30-27-25-28-31-34-38-42-46-50-54-58-62-66-70-81-75(80)69-65-61-57-53-49-45-41-37-22-20-18-16-14-12-10-8-6-4-2/h14,16,20,22,30,33,72-73,77-78H,3-13,15,17-19,21,23-29,31-32,34-71H2,1-2H3,(H,76,79)/b16-14-,22-20-,33-30-. The molecular formula is C75H143NO5. The van der Waals surface area contributed by atoms with E-state index in [0.717, 1.165) is 51.4 Å². The Kier molecular flexibility index (Phi) is 68.9. The highest BCUT2D eigenvalue weighted by molar-refractivity contribution is 5.76. The Labute approximate surface area is 506 Å². The van der Waals surface area contributed by atoms with Crippen LogP contribution >= 0.6 is 0 Å². The third-order valence-corrected chi connectivity index (χ3v) is 17.2. The van der Waals surface area contributed by atoms with Crippen molar-refractivity contribution in [2.45, 2.75) is 418 Å². The molecule has 0 bridgehead atoms. The zero-order chi connectivity index (χ0) is 58.5. The van der Waals surface area contributed by atoms with Crippen molar-refractivity contribution in [2.75, 3.05) is 13.2 Å². The summed E-state index contributed by atoms with van der Waals surface area (Å²) >= 11 is 0. The number of aliphatic hydroxyl groups is 2. The van der Waals surface area contributed by atoms with Crippen LogP contribution in [0.2, 0.25) is 0 Å². The molecule has 0 radical (unpaired) electrons. The molecule has 0 aliphatic rings. The van der Waals surface area contributed by atoms with Crippen molar-refractivity contribution < 1.29 is 24.5 Å². The van der Waals surface area contributed by atoms with Crippen LogP contribution < -0.4 is 5.32 Å². The van der Waals surface area contributed by atoms with Crippen LogP contribution in [0.3, 0.4) is 0 Å². The van der Waals surface area contributed by atoms with E-state index >= 15 is 0 Å². The molecule has 1 amide bonds. The van der Waals surface area contributed by atoms with Crippen LogP contribution in [0.15, 0.2) is 36.5 Å². The van der Waals surface area contributed by atoms with Gasteiger partial charge in [-0.15, -0.1) is 0 Å². The summed E-state index contributed by atoms with van der Waals surface area (Å²) in [6.45, 7) is 4.97. The van der Waals surface area contributed by atoms with Gasteiger partial charge < -0.3 is 20.3 Å². The number of carbonyl (C=O) groups is 2. The fourth-order valence-corrected chi connectivity index (χ4v) is 11.6. The lowest BCUT2D eigenvalue weighted by Gasteiger charge is -2.22. The molecule has 0 heterocycles. The van der Waals surface area contributed by atoms with Crippen molar-refractivity contribution >= 4 is 11.9 Å². The van der Waals surface area contributed by atoms with E-state index in [4.69, 9.17) is 4.74 Å². The molecule has 0 rings (SSSR count). The van der Waals surface area contributed by atoms with E-state index in [9.17, 15) is 19.8 Å². The topological polar surface area (TPSA) is 95.9 Å². The van der Waals surface area contributed by atoms with Gasteiger partial charge in [0.1, 0.15) is 0 Å². The predicted octanol–water partition coefficient (Wildman–Crippen LogP) is 23.9. The number of nitrogens with one attached hydrogen (secondary N) is 1. The van der Waals surface area contributed by atoms with E-state index in [1.165, 1.54) is 321 Å². The SMILES string of the molecule is CCCCCC/C=C\C/C=C\CCCCCCCCCC(=O)OCCCCCCCCCCCCCC/C=C\CCCCCCCCCC(=O)NC(CO)C(O)CCCCCCCCCCCCCCCCCCCCCCCCC.